The second-order valence-electron chi connectivity index (χ2n) is 6.24. The number of anilines is 1. The van der Waals surface area contributed by atoms with E-state index in [0.29, 0.717) is 15.6 Å². The number of carbonyl (C=O) groups excluding carboxylic acids is 2. The van der Waals surface area contributed by atoms with Gasteiger partial charge < -0.3 is 11.1 Å². The molecule has 0 spiro atoms. The number of primary amides is 1. The van der Waals surface area contributed by atoms with E-state index >= 15 is 0 Å². The molecule has 3 aromatic rings. The Morgan fingerprint density at radius 1 is 1.30 bits per heavy atom. The van der Waals surface area contributed by atoms with Gasteiger partial charge in [0.05, 0.1) is 29.1 Å². The third-order valence-electron chi connectivity index (χ3n) is 4.28. The van der Waals surface area contributed by atoms with Crippen LogP contribution in [0.5, 0.6) is 0 Å². The number of amides is 2. The fourth-order valence-corrected chi connectivity index (χ4v) is 3.14. The maximum atomic E-state index is 14.4. The lowest BCUT2D eigenvalue weighted by Gasteiger charge is -2.13. The normalized spacial score (nSPS) is 11.4. The Balaban J connectivity index is 1.83. The molecule has 0 bridgehead atoms. The summed E-state index contributed by atoms with van der Waals surface area (Å²) in [7, 11) is 0. The zero-order chi connectivity index (χ0) is 21.8. The van der Waals surface area contributed by atoms with E-state index in [9.17, 15) is 14.0 Å². The van der Waals surface area contributed by atoms with Crippen molar-refractivity contribution in [3.8, 4) is 17.3 Å². The number of benzene rings is 1. The Kier molecular flexibility index (Phi) is 5.94. The summed E-state index contributed by atoms with van der Waals surface area (Å²) in [5.41, 5.74) is 6.27. The summed E-state index contributed by atoms with van der Waals surface area (Å²) in [6, 6.07) is 9.15. The molecule has 150 valence electrons. The molecule has 2 aromatic heterocycles. The van der Waals surface area contributed by atoms with Crippen LogP contribution in [0.1, 0.15) is 29.0 Å². The maximum Gasteiger partial charge on any atom is 0.250 e. The summed E-state index contributed by atoms with van der Waals surface area (Å²) >= 11 is 1.06. The lowest BCUT2D eigenvalue weighted by atomic mass is 9.97. The number of nitrogens with zero attached hydrogens (tertiary/aromatic N) is 4. The van der Waals surface area contributed by atoms with Gasteiger partial charge in [-0.3, -0.25) is 9.59 Å². The number of nitrogens with one attached hydrogen (secondary N) is 1. The average molecular weight is 422 g/mol. The summed E-state index contributed by atoms with van der Waals surface area (Å²) in [6.45, 7) is 5.19. The van der Waals surface area contributed by atoms with Crippen molar-refractivity contribution in [2.75, 3.05) is 5.32 Å². The van der Waals surface area contributed by atoms with Gasteiger partial charge in [-0.05, 0) is 36.8 Å². The number of hydrogen-bond acceptors (Lipinski definition) is 7. The molecule has 2 heterocycles. The van der Waals surface area contributed by atoms with Gasteiger partial charge in [0.15, 0.2) is 5.13 Å². The van der Waals surface area contributed by atoms with Crippen LogP contribution in [-0.4, -0.2) is 27.0 Å². The van der Waals surface area contributed by atoms with Crippen LogP contribution in [0.25, 0.3) is 16.8 Å². The molecule has 3 N–H and O–H groups in total. The van der Waals surface area contributed by atoms with Crippen LogP contribution in [-0.2, 0) is 9.59 Å². The van der Waals surface area contributed by atoms with Crippen molar-refractivity contribution >= 4 is 33.9 Å². The highest BCUT2D eigenvalue weighted by Gasteiger charge is 2.19. The van der Waals surface area contributed by atoms with E-state index in [1.54, 1.807) is 6.92 Å². The Morgan fingerprint density at radius 2 is 2.07 bits per heavy atom. The average Bonchev–Trinajstić information content (AvgIpc) is 3.20. The maximum absolute atomic E-state index is 14.4. The molecule has 0 radical (unpaired) electrons. The van der Waals surface area contributed by atoms with Gasteiger partial charge in [-0.1, -0.05) is 24.0 Å². The summed E-state index contributed by atoms with van der Waals surface area (Å²) in [6.07, 6.45) is 1.37. The molecule has 0 aliphatic rings. The van der Waals surface area contributed by atoms with E-state index in [1.807, 2.05) is 6.07 Å². The third-order valence-corrected chi connectivity index (χ3v) is 5.09. The van der Waals surface area contributed by atoms with Crippen LogP contribution in [0.15, 0.2) is 43.1 Å². The number of thiazole rings is 1. The predicted octanol–water partition coefficient (Wildman–Crippen LogP) is 2.85. The number of aromatic nitrogens is 3. The van der Waals surface area contributed by atoms with Crippen molar-refractivity contribution in [3.05, 3.63) is 65.1 Å². The molecule has 1 atom stereocenters. The Morgan fingerprint density at radius 3 is 2.67 bits per heavy atom. The van der Waals surface area contributed by atoms with Crippen molar-refractivity contribution in [2.45, 2.75) is 12.8 Å². The highest BCUT2D eigenvalue weighted by molar-refractivity contribution is 7.16. The first kappa shape index (κ1) is 20.8. The zero-order valence-corrected chi connectivity index (χ0v) is 16.5. The fourth-order valence-electron chi connectivity index (χ4n) is 2.52. The number of hydrogen-bond donors (Lipinski definition) is 2. The standard InChI is InChI=1S/C20H15FN6O2S/c1-10(19(29)25-20-24-9-13(8-22)30-20)12-3-4-15(21)14(7-12)17-6-5-16(26-27-17)11(2)18(23)28/h3-7,9-10H,2H2,1H3,(H2,23,28)(H,24,25,29). The zero-order valence-electron chi connectivity index (χ0n) is 15.7. The minimum Gasteiger partial charge on any atom is -0.366 e. The summed E-state index contributed by atoms with van der Waals surface area (Å²) in [4.78, 5) is 28.0. The van der Waals surface area contributed by atoms with Crippen LogP contribution in [0.3, 0.4) is 0 Å². The molecule has 0 fully saturated rings. The Labute approximate surface area is 174 Å². The van der Waals surface area contributed by atoms with Crippen molar-refractivity contribution in [2.24, 2.45) is 5.73 Å². The first-order chi connectivity index (χ1) is 14.3. The second kappa shape index (κ2) is 8.59. The van der Waals surface area contributed by atoms with Crippen LogP contribution in [0.2, 0.25) is 0 Å². The Bertz CT molecular complexity index is 1180. The van der Waals surface area contributed by atoms with Gasteiger partial charge in [-0.15, -0.1) is 10.2 Å². The molecule has 3 rings (SSSR count). The number of carbonyl (C=O) groups is 2. The summed E-state index contributed by atoms with van der Waals surface area (Å²) < 4.78 is 14.4. The van der Waals surface area contributed by atoms with E-state index in [0.717, 1.165) is 11.3 Å². The minimum absolute atomic E-state index is 0.00434. The molecule has 10 heteroatoms. The number of halogens is 1. The van der Waals surface area contributed by atoms with E-state index in [2.05, 4.69) is 27.1 Å². The first-order valence-electron chi connectivity index (χ1n) is 8.59. The SMILES string of the molecule is C=C(C(N)=O)c1ccc(-c2cc(C(C)C(=O)Nc3ncc(C#N)s3)ccc2F)nn1. The van der Waals surface area contributed by atoms with Crippen molar-refractivity contribution in [1.82, 2.24) is 15.2 Å². The summed E-state index contributed by atoms with van der Waals surface area (Å²) in [5, 5.41) is 19.6. The van der Waals surface area contributed by atoms with Crippen LogP contribution in [0, 0.1) is 17.1 Å². The highest BCUT2D eigenvalue weighted by atomic mass is 32.1. The van der Waals surface area contributed by atoms with E-state index in [1.165, 1.54) is 36.5 Å². The largest absolute Gasteiger partial charge is 0.366 e. The van der Waals surface area contributed by atoms with Crippen molar-refractivity contribution in [1.29, 1.82) is 5.26 Å². The van der Waals surface area contributed by atoms with Gasteiger partial charge in [0.1, 0.15) is 16.8 Å². The third kappa shape index (κ3) is 4.37. The number of nitriles is 1. The van der Waals surface area contributed by atoms with Gasteiger partial charge in [-0.25, -0.2) is 9.37 Å². The molecule has 0 saturated carbocycles. The molecule has 0 aliphatic carbocycles. The Hall–Kier alpha value is -3.97. The monoisotopic (exact) mass is 422 g/mol. The molecule has 2 amide bonds. The van der Waals surface area contributed by atoms with Crippen molar-refractivity contribution in [3.63, 3.8) is 0 Å². The minimum atomic E-state index is -0.729. The van der Waals surface area contributed by atoms with Crippen molar-refractivity contribution < 1.29 is 14.0 Å². The van der Waals surface area contributed by atoms with Crippen LogP contribution >= 0.6 is 11.3 Å². The lowest BCUT2D eigenvalue weighted by Crippen LogP contribution is -2.18. The molecule has 30 heavy (non-hydrogen) atoms. The van der Waals surface area contributed by atoms with E-state index in [-0.39, 0.29) is 28.4 Å². The van der Waals surface area contributed by atoms with Gasteiger partial charge in [-0.2, -0.15) is 5.26 Å². The second-order valence-corrected chi connectivity index (χ2v) is 7.27. The topological polar surface area (TPSA) is 135 Å². The molecule has 0 saturated heterocycles. The van der Waals surface area contributed by atoms with Gasteiger partial charge >= 0.3 is 0 Å². The van der Waals surface area contributed by atoms with E-state index in [4.69, 9.17) is 11.0 Å². The van der Waals surface area contributed by atoms with Gasteiger partial charge in [0, 0.05) is 5.56 Å². The number of nitrogens with two attached hydrogens (primary N) is 1. The first-order valence-corrected chi connectivity index (χ1v) is 9.41. The fraction of sp³-hybridized carbons (Fsp3) is 0.100. The number of rotatable bonds is 6. The van der Waals surface area contributed by atoms with Gasteiger partial charge in [0.25, 0.3) is 0 Å². The quantitative estimate of drug-likeness (QED) is 0.587. The lowest BCUT2D eigenvalue weighted by molar-refractivity contribution is -0.117. The molecule has 8 nitrogen and oxygen atoms in total. The van der Waals surface area contributed by atoms with Crippen LogP contribution < -0.4 is 11.1 Å². The molecular weight excluding hydrogens is 407 g/mol. The predicted molar refractivity (Wildman–Crippen MR) is 110 cm³/mol. The van der Waals surface area contributed by atoms with Gasteiger partial charge in [0.2, 0.25) is 11.8 Å². The summed E-state index contributed by atoms with van der Waals surface area (Å²) in [5.74, 6) is -2.25. The van der Waals surface area contributed by atoms with E-state index < -0.39 is 17.6 Å². The smallest absolute Gasteiger partial charge is 0.250 e. The molecule has 1 unspecified atom stereocenters. The molecular formula is C20H15FN6O2S. The highest BCUT2D eigenvalue weighted by Crippen LogP contribution is 2.27. The van der Waals surface area contributed by atoms with Crippen LogP contribution in [0.4, 0.5) is 9.52 Å². The molecule has 1 aromatic carbocycles. The molecule has 0 aliphatic heterocycles.